The molecule has 10 heteroatoms. The van der Waals surface area contributed by atoms with Crippen LogP contribution in [0.15, 0.2) is 47.1 Å². The summed E-state index contributed by atoms with van der Waals surface area (Å²) in [7, 11) is -2.53. The van der Waals surface area contributed by atoms with E-state index < -0.39 is 7.60 Å². The Hall–Kier alpha value is -3.20. The number of allylic oxidation sites excluding steroid dienone is 1. The first-order valence-electron chi connectivity index (χ1n) is 10.8. The van der Waals surface area contributed by atoms with Crippen LogP contribution in [0.3, 0.4) is 0 Å². The molecule has 0 radical (unpaired) electrons. The summed E-state index contributed by atoms with van der Waals surface area (Å²) in [6.45, 7) is 0. The van der Waals surface area contributed by atoms with Crippen molar-refractivity contribution in [2.75, 3.05) is 13.3 Å². The molecule has 35 heavy (non-hydrogen) atoms. The van der Waals surface area contributed by atoms with Crippen molar-refractivity contribution in [1.82, 2.24) is 4.57 Å². The molecular formula is C25H23BrN3O5P. The fourth-order valence-corrected chi connectivity index (χ4v) is 4.75. The second kappa shape index (κ2) is 11.5. The lowest BCUT2D eigenvalue weighted by molar-refractivity contribution is 0.0904. The van der Waals surface area contributed by atoms with Gasteiger partial charge in [0, 0.05) is 39.8 Å². The third kappa shape index (κ3) is 6.69. The molecule has 0 bridgehead atoms. The van der Waals surface area contributed by atoms with Crippen LogP contribution in [-0.2, 0) is 4.57 Å². The number of halogens is 1. The fourth-order valence-electron chi connectivity index (χ4n) is 3.76. The minimum atomic E-state index is -4.03. The molecular weight excluding hydrogens is 533 g/mol. The summed E-state index contributed by atoms with van der Waals surface area (Å²) in [6, 6.07) is 14.6. The van der Waals surface area contributed by atoms with Crippen LogP contribution in [0.2, 0.25) is 0 Å². The fraction of sp³-hybridized carbons (Fsp3) is 0.240. The SMILES string of the molecule is COc1ccc(C#N)cc1/C=C(\C#N)c1cn(C(=O)CCCCCP(=O)(O)O)c2ccc(Br)cc12. The van der Waals surface area contributed by atoms with Gasteiger partial charge >= 0.3 is 7.60 Å². The zero-order valence-electron chi connectivity index (χ0n) is 18.9. The van der Waals surface area contributed by atoms with Gasteiger partial charge in [0.05, 0.1) is 35.9 Å². The van der Waals surface area contributed by atoms with Gasteiger partial charge in [-0.3, -0.25) is 13.9 Å². The number of unbranched alkanes of at least 4 members (excludes halogenated alkanes) is 2. The third-order valence-electron chi connectivity index (χ3n) is 5.44. The van der Waals surface area contributed by atoms with Gasteiger partial charge in [-0.05, 0) is 55.3 Å². The highest BCUT2D eigenvalue weighted by atomic mass is 79.9. The Morgan fingerprint density at radius 1 is 1.17 bits per heavy atom. The van der Waals surface area contributed by atoms with E-state index in [2.05, 4.69) is 28.1 Å². The van der Waals surface area contributed by atoms with Crippen LogP contribution in [0.5, 0.6) is 5.75 Å². The zero-order chi connectivity index (χ0) is 25.6. The van der Waals surface area contributed by atoms with E-state index in [-0.39, 0.29) is 18.5 Å². The molecule has 0 saturated heterocycles. The minimum absolute atomic E-state index is 0.180. The summed E-state index contributed by atoms with van der Waals surface area (Å²) >= 11 is 3.45. The number of rotatable bonds is 9. The molecule has 0 atom stereocenters. The van der Waals surface area contributed by atoms with Crippen molar-refractivity contribution in [2.45, 2.75) is 25.7 Å². The normalized spacial score (nSPS) is 11.8. The van der Waals surface area contributed by atoms with Crippen molar-refractivity contribution in [3.8, 4) is 17.9 Å². The van der Waals surface area contributed by atoms with Gasteiger partial charge in [-0.1, -0.05) is 22.4 Å². The molecule has 0 unspecified atom stereocenters. The Morgan fingerprint density at radius 3 is 2.60 bits per heavy atom. The number of carbonyl (C=O) groups excluding carboxylic acids is 1. The molecule has 0 spiro atoms. The van der Waals surface area contributed by atoms with Gasteiger partial charge in [0.25, 0.3) is 0 Å². The van der Waals surface area contributed by atoms with Crippen LogP contribution < -0.4 is 4.74 Å². The summed E-state index contributed by atoms with van der Waals surface area (Å²) in [4.78, 5) is 31.0. The van der Waals surface area contributed by atoms with Crippen molar-refractivity contribution in [1.29, 1.82) is 10.5 Å². The number of carbonyl (C=O) groups is 1. The highest BCUT2D eigenvalue weighted by Crippen LogP contribution is 2.36. The van der Waals surface area contributed by atoms with Crippen LogP contribution in [0, 0.1) is 22.7 Å². The number of methoxy groups -OCH3 is 1. The predicted octanol–water partition coefficient (Wildman–Crippen LogP) is 5.73. The summed E-state index contributed by atoms with van der Waals surface area (Å²) in [5.41, 5.74) is 2.49. The number of ether oxygens (including phenoxy) is 1. The second-order valence-electron chi connectivity index (χ2n) is 7.91. The average molecular weight is 556 g/mol. The molecule has 2 N–H and O–H groups in total. The van der Waals surface area contributed by atoms with Gasteiger partial charge in [-0.2, -0.15) is 10.5 Å². The Labute approximate surface area is 211 Å². The van der Waals surface area contributed by atoms with Crippen LogP contribution in [0.4, 0.5) is 0 Å². The monoisotopic (exact) mass is 555 g/mol. The maximum atomic E-state index is 13.0. The Kier molecular flexibility index (Phi) is 8.67. The summed E-state index contributed by atoms with van der Waals surface area (Å²) < 4.78 is 18.7. The molecule has 180 valence electrons. The number of fused-ring (bicyclic) bond motifs is 1. The molecule has 0 saturated carbocycles. The first-order chi connectivity index (χ1) is 16.7. The number of hydrogen-bond donors (Lipinski definition) is 2. The van der Waals surface area contributed by atoms with E-state index in [0.29, 0.717) is 58.2 Å². The highest BCUT2D eigenvalue weighted by Gasteiger charge is 2.18. The van der Waals surface area contributed by atoms with E-state index in [1.165, 1.54) is 11.7 Å². The number of hydrogen-bond acceptors (Lipinski definition) is 5. The predicted molar refractivity (Wildman–Crippen MR) is 137 cm³/mol. The van der Waals surface area contributed by atoms with Gasteiger partial charge in [-0.15, -0.1) is 0 Å². The Morgan fingerprint density at radius 2 is 1.94 bits per heavy atom. The maximum absolute atomic E-state index is 13.0. The lowest BCUT2D eigenvalue weighted by Crippen LogP contribution is -2.09. The highest BCUT2D eigenvalue weighted by molar-refractivity contribution is 9.10. The first kappa shape index (κ1) is 26.4. The van der Waals surface area contributed by atoms with Gasteiger partial charge in [0.15, 0.2) is 0 Å². The molecule has 0 aliphatic heterocycles. The van der Waals surface area contributed by atoms with Crippen molar-refractivity contribution in [3.63, 3.8) is 0 Å². The van der Waals surface area contributed by atoms with E-state index in [1.54, 1.807) is 36.5 Å². The molecule has 2 aromatic carbocycles. The van der Waals surface area contributed by atoms with E-state index in [0.717, 1.165) is 4.47 Å². The number of aromatic nitrogens is 1. The largest absolute Gasteiger partial charge is 0.496 e. The van der Waals surface area contributed by atoms with Gasteiger partial charge in [0.1, 0.15) is 5.75 Å². The van der Waals surface area contributed by atoms with Crippen molar-refractivity contribution in [2.24, 2.45) is 0 Å². The van der Waals surface area contributed by atoms with Crippen LogP contribution >= 0.6 is 23.5 Å². The smallest absolute Gasteiger partial charge is 0.325 e. The Balaban J connectivity index is 1.97. The number of benzene rings is 2. The van der Waals surface area contributed by atoms with Crippen molar-refractivity contribution in [3.05, 3.63) is 63.8 Å². The number of nitrogens with zero attached hydrogens (tertiary/aromatic N) is 3. The zero-order valence-corrected chi connectivity index (χ0v) is 21.4. The summed E-state index contributed by atoms with van der Waals surface area (Å²) in [5.74, 6) is 0.328. The van der Waals surface area contributed by atoms with Crippen molar-refractivity contribution < 1.29 is 23.9 Å². The minimum Gasteiger partial charge on any atom is -0.496 e. The maximum Gasteiger partial charge on any atom is 0.325 e. The molecule has 0 aliphatic rings. The molecule has 3 aromatic rings. The average Bonchev–Trinajstić information content (AvgIpc) is 3.19. The van der Waals surface area contributed by atoms with Crippen LogP contribution in [0.25, 0.3) is 22.6 Å². The van der Waals surface area contributed by atoms with Gasteiger partial charge in [0.2, 0.25) is 5.91 Å². The standard InChI is InChI=1S/C25H23BrN3O5P/c1-34-24-9-6-17(14-27)11-18(24)12-19(15-28)22-16-29(23-8-7-20(26)13-21(22)23)25(30)5-3-2-4-10-35(31,32)33/h6-9,11-13,16H,2-5,10H2,1H3,(H2,31,32,33)/b19-12+. The third-order valence-corrected chi connectivity index (χ3v) is 6.84. The van der Waals surface area contributed by atoms with E-state index in [1.807, 2.05) is 12.1 Å². The molecule has 1 heterocycles. The molecule has 0 amide bonds. The lowest BCUT2D eigenvalue weighted by atomic mass is 10.0. The van der Waals surface area contributed by atoms with Crippen LogP contribution in [-0.4, -0.2) is 33.5 Å². The topological polar surface area (TPSA) is 136 Å². The summed E-state index contributed by atoms with van der Waals surface area (Å²) in [6.07, 6.45) is 4.61. The van der Waals surface area contributed by atoms with Crippen molar-refractivity contribution >= 4 is 52.0 Å². The first-order valence-corrected chi connectivity index (χ1v) is 13.3. The van der Waals surface area contributed by atoms with E-state index in [4.69, 9.17) is 14.5 Å². The van der Waals surface area contributed by atoms with E-state index >= 15 is 0 Å². The quantitative estimate of drug-likeness (QED) is 0.195. The Bertz CT molecular complexity index is 1430. The van der Waals surface area contributed by atoms with E-state index in [9.17, 15) is 19.9 Å². The van der Waals surface area contributed by atoms with Gasteiger partial charge in [-0.25, -0.2) is 0 Å². The molecule has 0 fully saturated rings. The van der Waals surface area contributed by atoms with Crippen LogP contribution in [0.1, 0.15) is 47.2 Å². The second-order valence-corrected chi connectivity index (χ2v) is 10.6. The lowest BCUT2D eigenvalue weighted by Gasteiger charge is -2.06. The molecule has 1 aromatic heterocycles. The molecule has 3 rings (SSSR count). The number of nitriles is 2. The van der Waals surface area contributed by atoms with Gasteiger partial charge < -0.3 is 14.5 Å². The molecule has 0 aliphatic carbocycles. The molecule has 8 nitrogen and oxygen atoms in total. The summed E-state index contributed by atoms with van der Waals surface area (Å²) in [5, 5.41) is 19.9.